The van der Waals surface area contributed by atoms with E-state index in [1.165, 1.54) is 71.0 Å². The largest absolute Gasteiger partial charge is 0.381 e. The smallest absolute Gasteiger partial charge is 0.0586 e. The predicted molar refractivity (Wildman–Crippen MR) is 80.6 cm³/mol. The Kier molecular flexibility index (Phi) is 6.62. The summed E-state index contributed by atoms with van der Waals surface area (Å²) >= 11 is 0. The summed E-state index contributed by atoms with van der Waals surface area (Å²) in [7, 11) is 1.85. The Morgan fingerprint density at radius 1 is 1.16 bits per heavy atom. The molecular weight excluding hydrogens is 236 g/mol. The van der Waals surface area contributed by atoms with Crippen LogP contribution < -0.4 is 5.32 Å². The molecule has 0 spiro atoms. The van der Waals surface area contributed by atoms with E-state index in [0.717, 1.165) is 6.04 Å². The molecule has 112 valence electrons. The number of methoxy groups -OCH3 is 1. The third-order valence-corrected chi connectivity index (χ3v) is 4.96. The topological polar surface area (TPSA) is 24.5 Å². The first-order chi connectivity index (χ1) is 9.29. The Morgan fingerprint density at radius 3 is 2.84 bits per heavy atom. The number of hydrogen-bond acceptors (Lipinski definition) is 3. The molecule has 1 saturated carbocycles. The molecule has 1 aliphatic carbocycles. The van der Waals surface area contributed by atoms with Gasteiger partial charge >= 0.3 is 0 Å². The van der Waals surface area contributed by atoms with Crippen LogP contribution in [0.2, 0.25) is 0 Å². The van der Waals surface area contributed by atoms with E-state index in [1.54, 1.807) is 0 Å². The van der Waals surface area contributed by atoms with Crippen molar-refractivity contribution in [1.29, 1.82) is 0 Å². The Morgan fingerprint density at radius 2 is 2.05 bits per heavy atom. The maximum atomic E-state index is 5.49. The fourth-order valence-corrected chi connectivity index (χ4v) is 3.62. The van der Waals surface area contributed by atoms with Gasteiger partial charge in [0.05, 0.1) is 6.10 Å². The molecule has 0 amide bonds. The summed E-state index contributed by atoms with van der Waals surface area (Å²) in [6.07, 6.45) is 11.1. The van der Waals surface area contributed by atoms with Crippen molar-refractivity contribution in [1.82, 2.24) is 10.2 Å². The summed E-state index contributed by atoms with van der Waals surface area (Å²) in [5, 5.41) is 3.73. The highest BCUT2D eigenvalue weighted by Gasteiger charge is 2.21. The van der Waals surface area contributed by atoms with E-state index < -0.39 is 0 Å². The summed E-state index contributed by atoms with van der Waals surface area (Å²) < 4.78 is 5.49. The van der Waals surface area contributed by atoms with Crippen LogP contribution in [0.4, 0.5) is 0 Å². The molecule has 2 rings (SSSR count). The minimum Gasteiger partial charge on any atom is -0.381 e. The monoisotopic (exact) mass is 268 g/mol. The highest BCUT2D eigenvalue weighted by molar-refractivity contribution is 4.79. The molecule has 19 heavy (non-hydrogen) atoms. The number of ether oxygens (including phenoxy) is 1. The number of rotatable bonds is 6. The van der Waals surface area contributed by atoms with E-state index in [1.807, 2.05) is 7.11 Å². The molecule has 3 nitrogen and oxygen atoms in total. The lowest BCUT2D eigenvalue weighted by atomic mass is 9.93. The zero-order valence-corrected chi connectivity index (χ0v) is 12.9. The van der Waals surface area contributed by atoms with E-state index in [9.17, 15) is 0 Å². The Labute approximate surface area is 119 Å². The van der Waals surface area contributed by atoms with Crippen LogP contribution in [0.1, 0.15) is 58.3 Å². The second kappa shape index (κ2) is 8.23. The highest BCUT2D eigenvalue weighted by atomic mass is 16.5. The SMILES string of the molecule is COC1CCCC(NCCCN2CCCCC2C)C1. The van der Waals surface area contributed by atoms with Crippen molar-refractivity contribution >= 4 is 0 Å². The average molecular weight is 268 g/mol. The van der Waals surface area contributed by atoms with Gasteiger partial charge in [-0.2, -0.15) is 0 Å². The van der Waals surface area contributed by atoms with Crippen LogP contribution >= 0.6 is 0 Å². The molecule has 0 aromatic carbocycles. The third kappa shape index (κ3) is 5.05. The summed E-state index contributed by atoms with van der Waals surface area (Å²) in [5.74, 6) is 0. The second-order valence-electron chi connectivity index (χ2n) is 6.41. The lowest BCUT2D eigenvalue weighted by molar-refractivity contribution is 0.0586. The Balaban J connectivity index is 1.56. The van der Waals surface area contributed by atoms with Crippen LogP contribution in [-0.2, 0) is 4.74 Å². The van der Waals surface area contributed by atoms with Crippen molar-refractivity contribution < 1.29 is 4.74 Å². The molecule has 0 radical (unpaired) electrons. The molecule has 0 bridgehead atoms. The molecule has 3 atom stereocenters. The van der Waals surface area contributed by atoms with Gasteiger partial charge in [-0.15, -0.1) is 0 Å². The molecule has 2 fully saturated rings. The van der Waals surface area contributed by atoms with E-state index >= 15 is 0 Å². The molecule has 1 N–H and O–H groups in total. The summed E-state index contributed by atoms with van der Waals surface area (Å²) in [4.78, 5) is 2.67. The number of likely N-dealkylation sites (tertiary alicyclic amines) is 1. The normalized spacial score (nSPS) is 33.5. The second-order valence-corrected chi connectivity index (χ2v) is 6.41. The van der Waals surface area contributed by atoms with Crippen molar-refractivity contribution in [3.8, 4) is 0 Å². The van der Waals surface area contributed by atoms with Gasteiger partial charge in [-0.25, -0.2) is 0 Å². The standard InChI is InChI=1S/C16H32N2O/c1-14-7-3-4-11-18(14)12-6-10-17-15-8-5-9-16(13-15)19-2/h14-17H,3-13H2,1-2H3. The molecule has 0 aromatic rings. The van der Waals surface area contributed by atoms with Crippen LogP contribution in [0.5, 0.6) is 0 Å². The van der Waals surface area contributed by atoms with Gasteiger partial charge < -0.3 is 15.0 Å². The maximum absolute atomic E-state index is 5.49. The van der Waals surface area contributed by atoms with Gasteiger partial charge in [0.2, 0.25) is 0 Å². The fourth-order valence-electron chi connectivity index (χ4n) is 3.62. The summed E-state index contributed by atoms with van der Waals surface area (Å²) in [5.41, 5.74) is 0. The molecule has 1 heterocycles. The van der Waals surface area contributed by atoms with Crippen LogP contribution in [0, 0.1) is 0 Å². The average Bonchev–Trinajstić information content (AvgIpc) is 2.45. The minimum atomic E-state index is 0.494. The minimum absolute atomic E-state index is 0.494. The van der Waals surface area contributed by atoms with E-state index in [4.69, 9.17) is 4.74 Å². The molecule has 2 aliphatic rings. The van der Waals surface area contributed by atoms with Crippen LogP contribution in [0.3, 0.4) is 0 Å². The Bertz CT molecular complexity index is 247. The van der Waals surface area contributed by atoms with Gasteiger partial charge in [-0.1, -0.05) is 6.42 Å². The zero-order valence-electron chi connectivity index (χ0n) is 12.9. The molecule has 1 aliphatic heterocycles. The number of nitrogens with zero attached hydrogens (tertiary/aromatic N) is 1. The van der Waals surface area contributed by atoms with Gasteiger partial charge in [0.15, 0.2) is 0 Å². The first-order valence-electron chi connectivity index (χ1n) is 8.30. The zero-order chi connectivity index (χ0) is 13.5. The summed E-state index contributed by atoms with van der Waals surface area (Å²) in [6, 6.07) is 1.50. The molecule has 1 saturated heterocycles. The van der Waals surface area contributed by atoms with Gasteiger partial charge in [0, 0.05) is 19.2 Å². The maximum Gasteiger partial charge on any atom is 0.0586 e. The van der Waals surface area contributed by atoms with Crippen molar-refractivity contribution in [3.05, 3.63) is 0 Å². The molecule has 3 unspecified atom stereocenters. The van der Waals surface area contributed by atoms with Gasteiger partial charge in [-0.3, -0.25) is 0 Å². The summed E-state index contributed by atoms with van der Waals surface area (Å²) in [6.45, 7) is 6.15. The molecule has 0 aromatic heterocycles. The lowest BCUT2D eigenvalue weighted by Crippen LogP contribution is -2.41. The number of nitrogens with one attached hydrogen (secondary N) is 1. The first-order valence-corrected chi connectivity index (χ1v) is 8.30. The van der Waals surface area contributed by atoms with E-state index in [0.29, 0.717) is 12.1 Å². The predicted octanol–water partition coefficient (Wildman–Crippen LogP) is 2.80. The van der Waals surface area contributed by atoms with Crippen molar-refractivity contribution in [2.45, 2.75) is 76.5 Å². The van der Waals surface area contributed by atoms with Crippen LogP contribution in [-0.4, -0.2) is 49.8 Å². The van der Waals surface area contributed by atoms with Crippen LogP contribution in [0.15, 0.2) is 0 Å². The van der Waals surface area contributed by atoms with Gasteiger partial charge in [-0.05, 0) is 71.5 Å². The lowest BCUT2D eigenvalue weighted by Gasteiger charge is -2.33. The van der Waals surface area contributed by atoms with Gasteiger partial charge in [0.25, 0.3) is 0 Å². The van der Waals surface area contributed by atoms with E-state index in [2.05, 4.69) is 17.1 Å². The quantitative estimate of drug-likeness (QED) is 0.750. The number of piperidine rings is 1. The molecule has 3 heteroatoms. The van der Waals surface area contributed by atoms with Crippen molar-refractivity contribution in [2.24, 2.45) is 0 Å². The number of hydrogen-bond donors (Lipinski definition) is 1. The van der Waals surface area contributed by atoms with Crippen LogP contribution in [0.25, 0.3) is 0 Å². The fraction of sp³-hybridized carbons (Fsp3) is 1.00. The highest BCUT2D eigenvalue weighted by Crippen LogP contribution is 2.20. The first kappa shape index (κ1) is 15.3. The third-order valence-electron chi connectivity index (χ3n) is 4.96. The molecular formula is C16H32N2O. The van der Waals surface area contributed by atoms with Crippen molar-refractivity contribution in [3.63, 3.8) is 0 Å². The van der Waals surface area contributed by atoms with Gasteiger partial charge in [0.1, 0.15) is 0 Å². The Hall–Kier alpha value is -0.120. The van der Waals surface area contributed by atoms with Crippen molar-refractivity contribution in [2.75, 3.05) is 26.7 Å². The van der Waals surface area contributed by atoms with E-state index in [-0.39, 0.29) is 0 Å².